The van der Waals surface area contributed by atoms with Gasteiger partial charge in [-0.15, -0.1) is 0 Å². The lowest BCUT2D eigenvalue weighted by Crippen LogP contribution is -2.18. The van der Waals surface area contributed by atoms with Crippen molar-refractivity contribution in [2.75, 3.05) is 19.9 Å². The number of hydrogen-bond acceptors (Lipinski definition) is 7. The molecule has 2 rings (SSSR count). The van der Waals surface area contributed by atoms with Crippen molar-refractivity contribution in [3.63, 3.8) is 0 Å². The van der Waals surface area contributed by atoms with E-state index in [1.807, 2.05) is 0 Å². The van der Waals surface area contributed by atoms with Crippen molar-refractivity contribution in [1.29, 1.82) is 0 Å². The van der Waals surface area contributed by atoms with Gasteiger partial charge >= 0.3 is 12.1 Å². The second-order valence-corrected chi connectivity index (χ2v) is 8.59. The number of carbonyl (C=O) groups excluding carboxylic acids is 1. The normalized spacial score (nSPS) is 13.4. The number of benzene rings is 2. The number of esters is 1. The Morgan fingerprint density at radius 3 is 2.23 bits per heavy atom. The number of ether oxygens (including phenoxy) is 2. The van der Waals surface area contributed by atoms with Crippen LogP contribution >= 0.6 is 7.37 Å². The molecule has 12 heteroatoms. The molecule has 0 amide bonds. The van der Waals surface area contributed by atoms with E-state index in [1.165, 1.54) is 13.0 Å². The van der Waals surface area contributed by atoms with Gasteiger partial charge in [0.1, 0.15) is 16.8 Å². The lowest BCUT2D eigenvalue weighted by molar-refractivity contribution is -0.383. The molecule has 2 aromatic carbocycles. The van der Waals surface area contributed by atoms with Gasteiger partial charge in [0.25, 0.3) is 5.69 Å². The first kappa shape index (κ1) is 23.4. The number of hydrogen-bond donors (Lipinski definition) is 0. The predicted octanol–water partition coefficient (Wildman–Crippen LogP) is 4.52. The molecule has 30 heavy (non-hydrogen) atoms. The van der Waals surface area contributed by atoms with Gasteiger partial charge in [-0.1, -0.05) is 6.92 Å². The van der Waals surface area contributed by atoms with E-state index >= 15 is 0 Å². The highest BCUT2D eigenvalue weighted by molar-refractivity contribution is 7.67. The van der Waals surface area contributed by atoms with Gasteiger partial charge in [0.05, 0.1) is 17.6 Å². The Morgan fingerprint density at radius 2 is 1.73 bits per heavy atom. The van der Waals surface area contributed by atoms with E-state index in [0.29, 0.717) is 0 Å². The summed E-state index contributed by atoms with van der Waals surface area (Å²) >= 11 is 0. The Labute approximate surface area is 169 Å². The first-order chi connectivity index (χ1) is 14.0. The number of nitro groups is 1. The van der Waals surface area contributed by atoms with E-state index in [-0.39, 0.29) is 23.0 Å². The van der Waals surface area contributed by atoms with E-state index in [0.717, 1.165) is 43.5 Å². The Hall–Kier alpha value is -2.91. The second kappa shape index (κ2) is 9.27. The van der Waals surface area contributed by atoms with E-state index in [2.05, 4.69) is 4.74 Å². The summed E-state index contributed by atoms with van der Waals surface area (Å²) < 4.78 is 66.2. The van der Waals surface area contributed by atoms with Crippen LogP contribution in [0.5, 0.6) is 11.5 Å². The average molecular weight is 447 g/mol. The molecule has 0 aliphatic heterocycles. The third-order valence-corrected chi connectivity index (χ3v) is 6.43. The zero-order chi connectivity index (χ0) is 22.5. The molecular formula is C18H17F3NO7P. The summed E-state index contributed by atoms with van der Waals surface area (Å²) in [7, 11) is -2.74. The number of nitrogens with zero attached hydrogens (tertiary/aromatic N) is 1. The van der Waals surface area contributed by atoms with Gasteiger partial charge in [-0.05, 0) is 30.3 Å². The number of rotatable bonds is 8. The van der Waals surface area contributed by atoms with E-state index < -0.39 is 42.3 Å². The van der Waals surface area contributed by atoms with Crippen molar-refractivity contribution in [2.45, 2.75) is 13.1 Å². The van der Waals surface area contributed by atoms with Crippen LogP contribution in [0.1, 0.15) is 12.5 Å². The van der Waals surface area contributed by atoms with Crippen LogP contribution in [0.15, 0.2) is 42.5 Å². The Bertz CT molecular complexity index is 977. The number of methoxy groups -OCH3 is 1. The lowest BCUT2D eigenvalue weighted by Gasteiger charge is -2.17. The van der Waals surface area contributed by atoms with Gasteiger partial charge < -0.3 is 14.0 Å². The molecule has 8 nitrogen and oxygen atoms in total. The summed E-state index contributed by atoms with van der Waals surface area (Å²) in [6.07, 6.45) is -4.67. The molecule has 1 unspecified atom stereocenters. The molecule has 0 spiro atoms. The quantitative estimate of drug-likeness (QED) is 0.254. The molecule has 0 aliphatic carbocycles. The van der Waals surface area contributed by atoms with E-state index in [1.54, 1.807) is 0 Å². The second-order valence-electron chi connectivity index (χ2n) is 5.87. The first-order valence-electron chi connectivity index (χ1n) is 8.44. The van der Waals surface area contributed by atoms with Crippen LogP contribution in [0.3, 0.4) is 0 Å². The summed E-state index contributed by atoms with van der Waals surface area (Å²) in [5.41, 5.74) is -1.38. The van der Waals surface area contributed by atoms with Crippen LogP contribution in [0.25, 0.3) is 0 Å². The van der Waals surface area contributed by atoms with E-state index in [4.69, 9.17) is 9.26 Å². The highest BCUT2D eigenvalue weighted by Crippen LogP contribution is 2.48. The zero-order valence-corrected chi connectivity index (χ0v) is 16.7. The SMILES string of the molecule is CCP(=O)(OCC(=O)OC)c1cc(Oc2ccc(C(F)(F)F)cc2)ccc1[N+](=O)[O-]. The molecule has 0 fully saturated rings. The molecule has 0 aliphatic rings. The molecule has 0 saturated heterocycles. The largest absolute Gasteiger partial charge is 0.467 e. The van der Waals surface area contributed by atoms with Gasteiger partial charge in [0, 0.05) is 18.3 Å². The minimum atomic E-state index is -4.51. The van der Waals surface area contributed by atoms with Crippen LogP contribution in [0.4, 0.5) is 18.9 Å². The smallest absolute Gasteiger partial charge is 0.416 e. The summed E-state index contributed by atoms with van der Waals surface area (Å²) in [4.78, 5) is 21.9. The van der Waals surface area contributed by atoms with Crippen LogP contribution in [0.2, 0.25) is 0 Å². The Balaban J connectivity index is 2.39. The maximum absolute atomic E-state index is 13.2. The molecule has 162 valence electrons. The van der Waals surface area contributed by atoms with Crippen molar-refractivity contribution in [3.8, 4) is 11.5 Å². The fraction of sp³-hybridized carbons (Fsp3) is 0.278. The molecule has 0 radical (unpaired) electrons. The Morgan fingerprint density at radius 1 is 1.13 bits per heavy atom. The topological polar surface area (TPSA) is 105 Å². The maximum atomic E-state index is 13.2. The first-order valence-corrected chi connectivity index (χ1v) is 10.3. The van der Waals surface area contributed by atoms with Crippen molar-refractivity contribution in [2.24, 2.45) is 0 Å². The van der Waals surface area contributed by atoms with Crippen molar-refractivity contribution in [3.05, 3.63) is 58.1 Å². The van der Waals surface area contributed by atoms with Crippen molar-refractivity contribution in [1.82, 2.24) is 0 Å². The molecule has 2 aromatic rings. The van der Waals surface area contributed by atoms with Gasteiger partial charge in [-0.25, -0.2) is 4.79 Å². The minimum Gasteiger partial charge on any atom is -0.467 e. The predicted molar refractivity (Wildman–Crippen MR) is 100 cm³/mol. The maximum Gasteiger partial charge on any atom is 0.416 e. The van der Waals surface area contributed by atoms with Crippen LogP contribution in [0, 0.1) is 10.1 Å². The fourth-order valence-electron chi connectivity index (χ4n) is 2.39. The summed E-state index contributed by atoms with van der Waals surface area (Å²) in [5.74, 6) is -0.793. The van der Waals surface area contributed by atoms with Gasteiger partial charge in [-0.2, -0.15) is 13.2 Å². The summed E-state index contributed by atoms with van der Waals surface area (Å²) in [5, 5.41) is 11.1. The molecule has 0 saturated carbocycles. The number of halogens is 3. The zero-order valence-electron chi connectivity index (χ0n) is 15.8. The van der Waals surface area contributed by atoms with Gasteiger partial charge in [0.15, 0.2) is 6.61 Å². The highest BCUT2D eigenvalue weighted by atomic mass is 31.2. The molecule has 0 N–H and O–H groups in total. The lowest BCUT2D eigenvalue weighted by atomic mass is 10.2. The van der Waals surface area contributed by atoms with Gasteiger partial charge in [0.2, 0.25) is 7.37 Å². The average Bonchev–Trinajstić information content (AvgIpc) is 2.71. The number of carbonyl (C=O) groups is 1. The Kier molecular flexibility index (Phi) is 7.22. The van der Waals surface area contributed by atoms with Crippen molar-refractivity contribution < 1.29 is 41.5 Å². The summed E-state index contributed by atoms with van der Waals surface area (Å²) in [6.45, 7) is 0.786. The monoisotopic (exact) mass is 447 g/mol. The van der Waals surface area contributed by atoms with Gasteiger partial charge in [-0.3, -0.25) is 14.7 Å². The molecule has 1 atom stereocenters. The number of alkyl halides is 3. The van der Waals surface area contributed by atoms with Crippen LogP contribution in [-0.4, -0.2) is 30.8 Å². The number of nitro benzene ring substituents is 1. The minimum absolute atomic E-state index is 0.00861. The highest BCUT2D eigenvalue weighted by Gasteiger charge is 2.34. The summed E-state index contributed by atoms with van der Waals surface area (Å²) in [6, 6.07) is 7.15. The molecule has 0 aromatic heterocycles. The third-order valence-electron chi connectivity index (χ3n) is 3.96. The van der Waals surface area contributed by atoms with E-state index in [9.17, 15) is 32.6 Å². The molecular weight excluding hydrogens is 430 g/mol. The third kappa shape index (κ3) is 5.58. The molecule has 0 bridgehead atoms. The van der Waals surface area contributed by atoms with Crippen LogP contribution in [-0.2, 0) is 24.8 Å². The standard InChI is InChI=1S/C18H17F3NO7P/c1-3-30(26,28-11-17(23)27-2)16-10-14(8-9-15(16)22(24)25)29-13-6-4-12(5-7-13)18(19,20)21/h4-10H,3,11H2,1-2H3. The fourth-order valence-corrected chi connectivity index (χ4v) is 4.19. The van der Waals surface area contributed by atoms with Crippen molar-refractivity contribution >= 4 is 24.3 Å². The molecule has 0 heterocycles. The van der Waals surface area contributed by atoms with Crippen LogP contribution < -0.4 is 10.0 Å².